The highest BCUT2D eigenvalue weighted by atomic mass is 16.6. The smallest absolute Gasteiger partial charge is 0.408 e. The van der Waals surface area contributed by atoms with E-state index < -0.39 is 23.1 Å². The number of ether oxygens (including phenoxy) is 3. The van der Waals surface area contributed by atoms with E-state index in [1.165, 1.54) is 12.8 Å². The molecule has 3 aliphatic rings. The number of nitrogens with one attached hydrogen (secondary N) is 1. The Morgan fingerprint density at radius 1 is 1.19 bits per heavy atom. The van der Waals surface area contributed by atoms with Gasteiger partial charge in [0.2, 0.25) is 0 Å². The Kier molecular flexibility index (Phi) is 7.06. The summed E-state index contributed by atoms with van der Waals surface area (Å²) in [5, 5.41) is 12.3. The zero-order valence-corrected chi connectivity index (χ0v) is 16.0. The van der Waals surface area contributed by atoms with Crippen LogP contribution >= 0.6 is 0 Å². The van der Waals surface area contributed by atoms with Gasteiger partial charge in [-0.2, -0.15) is 0 Å². The number of hydrogen-bond donors (Lipinski definition) is 2. The lowest BCUT2D eigenvalue weighted by atomic mass is 9.74. The Labute approximate surface area is 155 Å². The Bertz CT molecular complexity index is 509. The van der Waals surface area contributed by atoms with Crippen molar-refractivity contribution in [3.63, 3.8) is 0 Å². The number of aliphatic carboxylic acids is 1. The van der Waals surface area contributed by atoms with Crippen LogP contribution in [0.4, 0.5) is 4.79 Å². The Hall–Kier alpha value is -1.60. The van der Waals surface area contributed by atoms with Crippen molar-refractivity contribution in [1.29, 1.82) is 0 Å². The number of carboxylic acid groups (broad SMARTS) is 1. The van der Waals surface area contributed by atoms with Gasteiger partial charge >= 0.3 is 12.1 Å². The van der Waals surface area contributed by atoms with Gasteiger partial charge in [0.05, 0.1) is 18.1 Å². The van der Waals surface area contributed by atoms with Crippen LogP contribution in [0.15, 0.2) is 12.2 Å². The van der Waals surface area contributed by atoms with Gasteiger partial charge in [0.1, 0.15) is 5.60 Å². The third-order valence-electron chi connectivity index (χ3n) is 4.77. The fourth-order valence-electron chi connectivity index (χ4n) is 3.43. The largest absolute Gasteiger partial charge is 0.481 e. The molecular weight excluding hydrogens is 338 g/mol. The van der Waals surface area contributed by atoms with Crippen LogP contribution < -0.4 is 5.32 Å². The molecule has 0 saturated carbocycles. The zero-order valence-electron chi connectivity index (χ0n) is 16.0. The molecule has 2 fully saturated rings. The quantitative estimate of drug-likeness (QED) is 0.743. The average molecular weight is 369 g/mol. The van der Waals surface area contributed by atoms with Gasteiger partial charge in [-0.25, -0.2) is 4.79 Å². The molecule has 0 aromatic heterocycles. The molecule has 1 amide bonds. The lowest BCUT2D eigenvalue weighted by molar-refractivity contribution is -0.149. The minimum atomic E-state index is -0.948. The van der Waals surface area contributed by atoms with E-state index in [4.69, 9.17) is 14.2 Å². The Morgan fingerprint density at radius 3 is 2.35 bits per heavy atom. The molecule has 7 nitrogen and oxygen atoms in total. The first kappa shape index (κ1) is 20.7. The topological polar surface area (TPSA) is 94.1 Å². The van der Waals surface area contributed by atoms with Gasteiger partial charge < -0.3 is 24.6 Å². The van der Waals surface area contributed by atoms with Crippen molar-refractivity contribution in [1.82, 2.24) is 5.32 Å². The highest BCUT2D eigenvalue weighted by Gasteiger charge is 2.49. The lowest BCUT2D eigenvalue weighted by Gasteiger charge is -2.29. The molecule has 7 heteroatoms. The summed E-state index contributed by atoms with van der Waals surface area (Å²) in [6.45, 7) is 8.41. The van der Waals surface area contributed by atoms with Crippen molar-refractivity contribution in [2.24, 2.45) is 11.3 Å². The van der Waals surface area contributed by atoms with Crippen molar-refractivity contribution >= 4 is 12.1 Å². The number of carbonyl (C=O) groups excluding carboxylic acids is 1. The molecule has 1 aliphatic carbocycles. The SMILES string of the molecule is C1CCOC1.CC(C)(C)OC(=O)N[C@@H]1C=C[C@@](C(=O)O)([C@H]2CCOC2)C1. The van der Waals surface area contributed by atoms with E-state index in [-0.39, 0.29) is 12.0 Å². The second kappa shape index (κ2) is 8.86. The van der Waals surface area contributed by atoms with Crippen LogP contribution in [0.25, 0.3) is 0 Å². The molecule has 26 heavy (non-hydrogen) atoms. The first-order valence-electron chi connectivity index (χ1n) is 9.31. The van der Waals surface area contributed by atoms with Crippen LogP contribution in [0, 0.1) is 11.3 Å². The summed E-state index contributed by atoms with van der Waals surface area (Å²) in [4.78, 5) is 23.5. The standard InChI is InChI=1S/C15H23NO5.C4H8O/c1-14(2,3)21-13(19)16-11-4-6-15(8-11,12(17)18)10-5-7-20-9-10;1-2-4-5-3-1/h4,6,10-11H,5,7-9H2,1-3H3,(H,16,19)(H,17,18);1-4H2/t10-,11+,15-;/m0./s1. The number of carboxylic acids is 1. The van der Waals surface area contributed by atoms with Crippen LogP contribution in [-0.4, -0.2) is 55.2 Å². The summed E-state index contributed by atoms with van der Waals surface area (Å²) in [5.74, 6) is -0.903. The molecule has 0 bridgehead atoms. The molecule has 2 aliphatic heterocycles. The summed E-state index contributed by atoms with van der Waals surface area (Å²) in [6.07, 6.45) is 6.55. The van der Waals surface area contributed by atoms with E-state index in [0.717, 1.165) is 19.6 Å². The maximum Gasteiger partial charge on any atom is 0.408 e. The third-order valence-corrected chi connectivity index (χ3v) is 4.77. The molecule has 0 aromatic rings. The van der Waals surface area contributed by atoms with Crippen molar-refractivity contribution < 1.29 is 28.9 Å². The Morgan fingerprint density at radius 2 is 1.88 bits per heavy atom. The molecule has 2 heterocycles. The monoisotopic (exact) mass is 369 g/mol. The highest BCUT2D eigenvalue weighted by molar-refractivity contribution is 5.79. The van der Waals surface area contributed by atoms with Crippen molar-refractivity contribution in [2.45, 2.75) is 58.1 Å². The minimum absolute atomic E-state index is 0.0447. The van der Waals surface area contributed by atoms with Gasteiger partial charge in [0, 0.05) is 25.7 Å². The van der Waals surface area contributed by atoms with Gasteiger partial charge in [0.15, 0.2) is 0 Å². The molecule has 0 aromatic carbocycles. The van der Waals surface area contributed by atoms with Crippen LogP contribution in [-0.2, 0) is 19.0 Å². The number of hydrogen-bond acceptors (Lipinski definition) is 5. The molecule has 2 saturated heterocycles. The maximum atomic E-state index is 11.8. The normalized spacial score (nSPS) is 30.6. The van der Waals surface area contributed by atoms with E-state index in [0.29, 0.717) is 19.6 Å². The fraction of sp³-hybridized carbons (Fsp3) is 0.789. The van der Waals surface area contributed by atoms with Crippen molar-refractivity contribution in [2.75, 3.05) is 26.4 Å². The highest BCUT2D eigenvalue weighted by Crippen LogP contribution is 2.43. The minimum Gasteiger partial charge on any atom is -0.481 e. The molecule has 3 atom stereocenters. The van der Waals surface area contributed by atoms with Crippen LogP contribution in [0.3, 0.4) is 0 Å². The molecule has 0 spiro atoms. The molecule has 0 unspecified atom stereocenters. The molecule has 148 valence electrons. The summed E-state index contributed by atoms with van der Waals surface area (Å²) in [6, 6.07) is -0.323. The van der Waals surface area contributed by atoms with E-state index in [1.54, 1.807) is 32.9 Å². The van der Waals surface area contributed by atoms with Gasteiger partial charge in [-0.3, -0.25) is 4.79 Å². The summed E-state index contributed by atoms with van der Waals surface area (Å²) < 4.78 is 15.5. The molecule has 2 N–H and O–H groups in total. The van der Waals surface area contributed by atoms with E-state index in [2.05, 4.69) is 5.32 Å². The number of amides is 1. The van der Waals surface area contributed by atoms with Gasteiger partial charge in [-0.05, 0) is 46.5 Å². The second-order valence-electron chi connectivity index (χ2n) is 8.04. The molecule has 3 rings (SSSR count). The molecular formula is C19H31NO6. The summed E-state index contributed by atoms with van der Waals surface area (Å²) in [7, 11) is 0. The fourth-order valence-corrected chi connectivity index (χ4v) is 3.43. The first-order chi connectivity index (χ1) is 12.2. The Balaban J connectivity index is 0.000000417. The van der Waals surface area contributed by atoms with Crippen LogP contribution in [0.2, 0.25) is 0 Å². The average Bonchev–Trinajstić information content (AvgIpc) is 3.29. The lowest BCUT2D eigenvalue weighted by Crippen LogP contribution is -2.42. The predicted octanol–water partition coefficient (Wildman–Crippen LogP) is 2.74. The van der Waals surface area contributed by atoms with Crippen molar-refractivity contribution in [3.8, 4) is 0 Å². The van der Waals surface area contributed by atoms with Gasteiger partial charge in [-0.15, -0.1) is 0 Å². The van der Waals surface area contributed by atoms with Gasteiger partial charge in [0.25, 0.3) is 0 Å². The summed E-state index contributed by atoms with van der Waals surface area (Å²) >= 11 is 0. The van der Waals surface area contributed by atoms with E-state index >= 15 is 0 Å². The molecule has 0 radical (unpaired) electrons. The van der Waals surface area contributed by atoms with E-state index in [9.17, 15) is 14.7 Å². The third kappa shape index (κ3) is 5.71. The first-order valence-corrected chi connectivity index (χ1v) is 9.31. The van der Waals surface area contributed by atoms with Crippen LogP contribution in [0.5, 0.6) is 0 Å². The van der Waals surface area contributed by atoms with Gasteiger partial charge in [-0.1, -0.05) is 12.2 Å². The van der Waals surface area contributed by atoms with Crippen LogP contribution in [0.1, 0.15) is 46.5 Å². The second-order valence-corrected chi connectivity index (χ2v) is 8.04. The number of carbonyl (C=O) groups is 2. The summed E-state index contributed by atoms with van der Waals surface area (Å²) in [5.41, 5.74) is -1.52. The predicted molar refractivity (Wildman–Crippen MR) is 96.0 cm³/mol. The zero-order chi connectivity index (χ0) is 19.2. The number of rotatable bonds is 3. The van der Waals surface area contributed by atoms with E-state index in [1.807, 2.05) is 0 Å². The maximum absolute atomic E-state index is 11.8. The number of alkyl carbamates (subject to hydrolysis) is 1. The van der Waals surface area contributed by atoms with Crippen molar-refractivity contribution in [3.05, 3.63) is 12.2 Å².